The molecule has 0 heterocycles. The third-order valence-corrected chi connectivity index (χ3v) is 7.13. The molecule has 0 saturated heterocycles. The van der Waals surface area contributed by atoms with Crippen LogP contribution in [0.25, 0.3) is 21.5 Å². The minimum absolute atomic E-state index is 0.301. The average Bonchev–Trinajstić information content (AvgIpc) is 2.82. The van der Waals surface area contributed by atoms with E-state index in [2.05, 4.69) is 42.5 Å². The van der Waals surface area contributed by atoms with Crippen LogP contribution in [0.3, 0.4) is 0 Å². The van der Waals surface area contributed by atoms with Gasteiger partial charge in [-0.3, -0.25) is 0 Å². The number of hydrogen-bond acceptors (Lipinski definition) is 2. The van der Waals surface area contributed by atoms with Crippen molar-refractivity contribution in [2.24, 2.45) is 0 Å². The molecule has 3 aromatic carbocycles. The molecular formula is C27H31ClO2. The van der Waals surface area contributed by atoms with Crippen LogP contribution in [0.4, 0.5) is 0 Å². The molecule has 0 N–H and O–H groups in total. The molecule has 30 heavy (non-hydrogen) atoms. The molecule has 3 aromatic rings. The van der Waals surface area contributed by atoms with Crippen molar-refractivity contribution in [1.82, 2.24) is 0 Å². The van der Waals surface area contributed by atoms with Crippen molar-refractivity contribution < 1.29 is 9.47 Å². The van der Waals surface area contributed by atoms with E-state index in [9.17, 15) is 0 Å². The first-order valence-corrected chi connectivity index (χ1v) is 12.2. The van der Waals surface area contributed by atoms with Gasteiger partial charge >= 0.3 is 0 Å². The second-order valence-electron chi connectivity index (χ2n) is 8.97. The first-order chi connectivity index (χ1) is 14.8. The summed E-state index contributed by atoms with van der Waals surface area (Å²) in [5.74, 6) is 2.53. The molecule has 0 aliphatic heterocycles. The summed E-state index contributed by atoms with van der Waals surface area (Å²) in [5.41, 5.74) is 1.12. The van der Waals surface area contributed by atoms with Crippen LogP contribution in [0.2, 0.25) is 0 Å². The maximum absolute atomic E-state index is 6.73. The Morgan fingerprint density at radius 2 is 1.13 bits per heavy atom. The molecule has 2 saturated carbocycles. The van der Waals surface area contributed by atoms with Gasteiger partial charge in [0.1, 0.15) is 11.5 Å². The quantitative estimate of drug-likeness (QED) is 0.305. The fourth-order valence-electron chi connectivity index (χ4n) is 5.18. The smallest absolute Gasteiger partial charge is 0.135 e. The van der Waals surface area contributed by atoms with Crippen LogP contribution in [0.5, 0.6) is 11.5 Å². The summed E-state index contributed by atoms with van der Waals surface area (Å²) in [6.07, 6.45) is 12.9. The van der Waals surface area contributed by atoms with E-state index in [1.807, 2.05) is 0 Å². The number of fused-ring (bicyclic) bond motifs is 2. The highest BCUT2D eigenvalue weighted by Gasteiger charge is 2.23. The third kappa shape index (κ3) is 3.99. The molecule has 0 radical (unpaired) electrons. The zero-order valence-electron chi connectivity index (χ0n) is 17.7. The first-order valence-electron chi connectivity index (χ1n) is 11.7. The van der Waals surface area contributed by atoms with Crippen molar-refractivity contribution in [1.29, 1.82) is 0 Å². The molecule has 0 atom stereocenters. The fraction of sp³-hybridized carbons (Fsp3) is 0.481. The summed E-state index contributed by atoms with van der Waals surface area (Å²) in [5, 5.41) is 4.62. The molecule has 3 heteroatoms. The molecule has 0 amide bonds. The third-order valence-electron chi connectivity index (χ3n) is 6.82. The lowest BCUT2D eigenvalue weighted by molar-refractivity contribution is 0.156. The monoisotopic (exact) mass is 422 g/mol. The van der Waals surface area contributed by atoms with E-state index in [-0.39, 0.29) is 0 Å². The highest BCUT2D eigenvalue weighted by Crippen LogP contribution is 2.45. The van der Waals surface area contributed by atoms with Gasteiger partial charge in [-0.15, -0.1) is 11.6 Å². The Morgan fingerprint density at radius 3 is 1.67 bits per heavy atom. The van der Waals surface area contributed by atoms with Crippen molar-refractivity contribution >= 4 is 33.1 Å². The minimum Gasteiger partial charge on any atom is -0.489 e. The predicted octanol–water partition coefficient (Wildman–Crippen LogP) is 8.15. The molecule has 5 rings (SSSR count). The average molecular weight is 423 g/mol. The number of rotatable bonds is 5. The molecule has 158 valence electrons. The zero-order chi connectivity index (χ0) is 20.3. The molecule has 2 fully saturated rings. The summed E-state index contributed by atoms with van der Waals surface area (Å²) in [4.78, 5) is 0. The number of hydrogen-bond donors (Lipinski definition) is 0. The summed E-state index contributed by atoms with van der Waals surface area (Å²) in [7, 11) is 0. The molecule has 2 aliphatic rings. The van der Waals surface area contributed by atoms with Crippen molar-refractivity contribution in [3.8, 4) is 11.5 Å². The Labute approximate surface area is 184 Å². The van der Waals surface area contributed by atoms with Crippen LogP contribution in [0, 0.1) is 0 Å². The summed E-state index contributed by atoms with van der Waals surface area (Å²) in [6, 6.07) is 15.1. The normalized spacial score (nSPS) is 18.7. The standard InChI is InChI=1S/C27H31ClO2/c28-18-19-15-16-24-25(17-19)27(30-21-11-5-2-6-12-21)23-14-8-7-13-22(23)26(24)29-20-9-3-1-4-10-20/h7-8,13-17,20-21H,1-6,9-12,18H2. The largest absolute Gasteiger partial charge is 0.489 e. The van der Waals surface area contributed by atoms with Crippen molar-refractivity contribution in [2.45, 2.75) is 82.3 Å². The highest BCUT2D eigenvalue weighted by molar-refractivity contribution is 6.17. The topological polar surface area (TPSA) is 18.5 Å². The molecule has 2 aliphatic carbocycles. The number of halogens is 1. The Balaban J connectivity index is 1.67. The van der Waals surface area contributed by atoms with Crippen LogP contribution < -0.4 is 9.47 Å². The predicted molar refractivity (Wildman–Crippen MR) is 126 cm³/mol. The van der Waals surface area contributed by atoms with Gasteiger partial charge in [0.25, 0.3) is 0 Å². The van der Waals surface area contributed by atoms with E-state index in [0.717, 1.165) is 58.9 Å². The lowest BCUT2D eigenvalue weighted by Gasteiger charge is -2.28. The van der Waals surface area contributed by atoms with Crippen LogP contribution in [-0.2, 0) is 5.88 Å². The summed E-state index contributed by atoms with van der Waals surface area (Å²) in [6.45, 7) is 0. The Kier molecular flexibility index (Phi) is 6.04. The first kappa shape index (κ1) is 20.0. The second kappa shape index (κ2) is 9.06. The lowest BCUT2D eigenvalue weighted by atomic mass is 9.95. The van der Waals surface area contributed by atoms with Crippen LogP contribution >= 0.6 is 11.6 Å². The van der Waals surface area contributed by atoms with E-state index in [1.165, 1.54) is 43.9 Å². The van der Waals surface area contributed by atoms with Gasteiger partial charge in [0.15, 0.2) is 0 Å². The van der Waals surface area contributed by atoms with E-state index in [1.54, 1.807) is 0 Å². The summed E-state index contributed by atoms with van der Waals surface area (Å²) >= 11 is 6.21. The van der Waals surface area contributed by atoms with E-state index < -0.39 is 0 Å². The fourth-order valence-corrected chi connectivity index (χ4v) is 5.35. The van der Waals surface area contributed by atoms with E-state index >= 15 is 0 Å². The van der Waals surface area contributed by atoms with Gasteiger partial charge in [0.05, 0.1) is 12.2 Å². The number of benzene rings is 3. The van der Waals surface area contributed by atoms with Crippen LogP contribution in [0.15, 0.2) is 42.5 Å². The van der Waals surface area contributed by atoms with Gasteiger partial charge in [0, 0.05) is 27.4 Å². The van der Waals surface area contributed by atoms with Crippen LogP contribution in [0.1, 0.15) is 69.8 Å². The van der Waals surface area contributed by atoms with Gasteiger partial charge < -0.3 is 9.47 Å². The van der Waals surface area contributed by atoms with Crippen molar-refractivity contribution in [2.75, 3.05) is 0 Å². The maximum atomic E-state index is 6.73. The van der Waals surface area contributed by atoms with Crippen molar-refractivity contribution in [3.05, 3.63) is 48.0 Å². The molecule has 0 bridgehead atoms. The van der Waals surface area contributed by atoms with Gasteiger partial charge in [0.2, 0.25) is 0 Å². The van der Waals surface area contributed by atoms with Gasteiger partial charge in [-0.05, 0) is 63.0 Å². The molecule has 2 nitrogen and oxygen atoms in total. The number of ether oxygens (including phenoxy) is 2. The molecular weight excluding hydrogens is 392 g/mol. The minimum atomic E-state index is 0.301. The molecule has 0 spiro atoms. The van der Waals surface area contributed by atoms with Gasteiger partial charge in [-0.2, -0.15) is 0 Å². The Hall–Kier alpha value is -1.93. The second-order valence-corrected chi connectivity index (χ2v) is 9.24. The molecule has 0 aromatic heterocycles. The van der Waals surface area contributed by atoms with Gasteiger partial charge in [-0.1, -0.05) is 49.2 Å². The number of alkyl halides is 1. The van der Waals surface area contributed by atoms with E-state index in [4.69, 9.17) is 21.1 Å². The van der Waals surface area contributed by atoms with Crippen molar-refractivity contribution in [3.63, 3.8) is 0 Å². The lowest BCUT2D eigenvalue weighted by Crippen LogP contribution is -2.21. The molecule has 0 unspecified atom stereocenters. The van der Waals surface area contributed by atoms with Gasteiger partial charge in [-0.25, -0.2) is 0 Å². The SMILES string of the molecule is ClCc1ccc2c(OC3CCCCC3)c3ccccc3c(OC3CCCCC3)c2c1. The highest BCUT2D eigenvalue weighted by atomic mass is 35.5. The summed E-state index contributed by atoms with van der Waals surface area (Å²) < 4.78 is 13.4. The van der Waals surface area contributed by atoms with Crippen LogP contribution in [-0.4, -0.2) is 12.2 Å². The zero-order valence-corrected chi connectivity index (χ0v) is 18.4. The van der Waals surface area contributed by atoms with E-state index in [0.29, 0.717) is 18.1 Å². The maximum Gasteiger partial charge on any atom is 0.135 e. The Bertz CT molecular complexity index is 1020. The Morgan fingerprint density at radius 1 is 0.633 bits per heavy atom.